The molecule has 0 saturated heterocycles. The summed E-state index contributed by atoms with van der Waals surface area (Å²) in [5.41, 5.74) is 7.09. The van der Waals surface area contributed by atoms with Crippen molar-refractivity contribution >= 4 is 16.0 Å². The molecule has 1 aliphatic carbocycles. The average molecular weight is 540 g/mol. The van der Waals surface area contributed by atoms with Crippen molar-refractivity contribution in [1.29, 1.82) is 0 Å². The van der Waals surface area contributed by atoms with Crippen LogP contribution in [-0.2, 0) is 10.0 Å². The molecule has 4 aromatic rings. The molecule has 0 spiro atoms. The van der Waals surface area contributed by atoms with Crippen LogP contribution in [0, 0.1) is 19.8 Å². The Labute approximate surface area is 230 Å². The van der Waals surface area contributed by atoms with E-state index >= 15 is 0 Å². The van der Waals surface area contributed by atoms with Crippen molar-refractivity contribution in [2.45, 2.75) is 63.4 Å². The highest BCUT2D eigenvalue weighted by Gasteiger charge is 2.38. The maximum Gasteiger partial charge on any atom is 0.264 e. The van der Waals surface area contributed by atoms with Crippen LogP contribution >= 0.6 is 0 Å². The van der Waals surface area contributed by atoms with Crippen LogP contribution in [0.5, 0.6) is 5.88 Å². The summed E-state index contributed by atoms with van der Waals surface area (Å²) in [6, 6.07) is 23.7. The monoisotopic (exact) mass is 539 g/mol. The van der Waals surface area contributed by atoms with Crippen molar-refractivity contribution in [1.82, 2.24) is 9.97 Å². The maximum absolute atomic E-state index is 13.6. The van der Waals surface area contributed by atoms with E-state index in [0.717, 1.165) is 35.1 Å². The lowest BCUT2D eigenvalue weighted by atomic mass is 9.68. The molecule has 200 valence electrons. The number of anilines is 1. The Morgan fingerprint density at radius 3 is 2.38 bits per heavy atom. The number of sulfonamides is 1. The first-order valence-electron chi connectivity index (χ1n) is 13.5. The van der Waals surface area contributed by atoms with Crippen LogP contribution in [0.3, 0.4) is 0 Å². The Balaban J connectivity index is 1.58. The van der Waals surface area contributed by atoms with Gasteiger partial charge in [-0.05, 0) is 84.4 Å². The molecule has 1 N–H and O–H groups in total. The van der Waals surface area contributed by atoms with Gasteiger partial charge >= 0.3 is 0 Å². The van der Waals surface area contributed by atoms with E-state index in [4.69, 9.17) is 4.74 Å². The first kappa shape index (κ1) is 25.6. The first-order chi connectivity index (χ1) is 18.7. The van der Waals surface area contributed by atoms with Crippen molar-refractivity contribution in [2.24, 2.45) is 5.92 Å². The van der Waals surface area contributed by atoms with Crippen LogP contribution < -0.4 is 9.46 Å². The van der Waals surface area contributed by atoms with Gasteiger partial charge in [0.25, 0.3) is 10.0 Å². The quantitative estimate of drug-likeness (QED) is 0.295. The third-order valence-corrected chi connectivity index (χ3v) is 9.27. The van der Waals surface area contributed by atoms with Crippen LogP contribution in [-0.4, -0.2) is 18.4 Å². The summed E-state index contributed by atoms with van der Waals surface area (Å²) in [5.74, 6) is 1.18. The first-order valence-corrected chi connectivity index (χ1v) is 15.0. The zero-order valence-electron chi connectivity index (χ0n) is 22.7. The van der Waals surface area contributed by atoms with Gasteiger partial charge in [-0.15, -0.1) is 0 Å². The number of hydrogen-bond donors (Lipinski definition) is 1. The molecule has 1 unspecified atom stereocenters. The third-order valence-electron chi connectivity index (χ3n) is 7.95. The molecule has 3 atom stereocenters. The van der Waals surface area contributed by atoms with Gasteiger partial charge in [-0.1, -0.05) is 68.4 Å². The van der Waals surface area contributed by atoms with Gasteiger partial charge in [0.1, 0.15) is 6.10 Å². The van der Waals surface area contributed by atoms with Crippen LogP contribution in [0.25, 0.3) is 11.3 Å². The van der Waals surface area contributed by atoms with E-state index in [0.29, 0.717) is 17.5 Å². The molecule has 3 aromatic carbocycles. The molecule has 6 nitrogen and oxygen atoms in total. The summed E-state index contributed by atoms with van der Waals surface area (Å²) in [7, 11) is -3.92. The number of hydrogen-bond acceptors (Lipinski definition) is 5. The fourth-order valence-corrected chi connectivity index (χ4v) is 7.27. The molecule has 6 rings (SSSR count). The summed E-state index contributed by atoms with van der Waals surface area (Å²) in [6.45, 7) is 8.52. The van der Waals surface area contributed by atoms with E-state index in [1.54, 1.807) is 6.07 Å². The number of aryl methyl sites for hydroxylation is 2. The third kappa shape index (κ3) is 4.80. The zero-order chi connectivity index (χ0) is 27.3. The Morgan fingerprint density at radius 1 is 0.923 bits per heavy atom. The smallest absolute Gasteiger partial charge is 0.264 e. The number of benzene rings is 3. The minimum absolute atomic E-state index is 0.00513. The Morgan fingerprint density at radius 2 is 1.64 bits per heavy atom. The van der Waals surface area contributed by atoms with Crippen LogP contribution in [0.2, 0.25) is 0 Å². The Bertz CT molecular complexity index is 1650. The number of nitrogens with zero attached hydrogens (tertiary/aromatic N) is 2. The normalized spacial score (nSPS) is 21.1. The van der Waals surface area contributed by atoms with E-state index in [1.807, 2.05) is 56.3 Å². The molecule has 6 bridgehead atoms. The molecule has 0 radical (unpaired) electrons. The molecule has 0 fully saturated rings. The van der Waals surface area contributed by atoms with Gasteiger partial charge in [0.2, 0.25) is 11.8 Å². The molecule has 7 heteroatoms. The minimum Gasteiger partial charge on any atom is -0.469 e. The number of rotatable bonds is 3. The van der Waals surface area contributed by atoms with Gasteiger partial charge in [0, 0.05) is 11.6 Å². The van der Waals surface area contributed by atoms with Gasteiger partial charge in [-0.3, -0.25) is 0 Å². The maximum atomic E-state index is 13.6. The SMILES string of the molecule is Cc1cccc(C)c1-c1cc2nc(n1)NS(=O)(=O)c1cccc(c1)C1C[C@H](O2)c2ccccc2[C@@H]1CC(C)C. The molecule has 1 aliphatic heterocycles. The van der Waals surface area contributed by atoms with Gasteiger partial charge < -0.3 is 4.74 Å². The zero-order valence-corrected chi connectivity index (χ0v) is 23.5. The van der Waals surface area contributed by atoms with Gasteiger partial charge in [-0.2, -0.15) is 4.98 Å². The van der Waals surface area contributed by atoms with Crippen LogP contribution in [0.1, 0.15) is 72.4 Å². The van der Waals surface area contributed by atoms with E-state index in [9.17, 15) is 8.42 Å². The summed E-state index contributed by atoms with van der Waals surface area (Å²) >= 11 is 0. The highest BCUT2D eigenvalue weighted by atomic mass is 32.2. The summed E-state index contributed by atoms with van der Waals surface area (Å²) < 4.78 is 36.4. The second-order valence-corrected chi connectivity index (χ2v) is 12.9. The molecule has 0 saturated carbocycles. The highest BCUT2D eigenvalue weighted by Crippen LogP contribution is 2.51. The molecular weight excluding hydrogens is 506 g/mol. The predicted octanol–water partition coefficient (Wildman–Crippen LogP) is 7.31. The van der Waals surface area contributed by atoms with Crippen molar-refractivity contribution in [2.75, 3.05) is 4.72 Å². The van der Waals surface area contributed by atoms with Gasteiger partial charge in [0.05, 0.1) is 10.6 Å². The number of fused-ring (bicyclic) bond motifs is 9. The number of ether oxygens (including phenoxy) is 1. The standard InChI is InChI=1S/C32H33N3O3S/c1-19(2)15-27-24-13-5-6-14-25(24)29-17-26(27)22-11-8-12-23(16-22)39(36,37)35-32-33-28(18-30(34-32)38-29)31-20(3)9-7-10-21(31)4/h5-14,16,18-19,26-27,29H,15,17H2,1-4H3,(H,33,34,35)/t26?,27-,29-/m0/s1. The lowest BCUT2D eigenvalue weighted by Crippen LogP contribution is -2.27. The summed E-state index contributed by atoms with van der Waals surface area (Å²) in [4.78, 5) is 9.41. The average Bonchev–Trinajstić information content (AvgIpc) is 2.89. The van der Waals surface area contributed by atoms with E-state index in [2.05, 4.69) is 52.8 Å². The van der Waals surface area contributed by atoms with Crippen molar-refractivity contribution in [3.8, 4) is 17.1 Å². The lowest BCUT2D eigenvalue weighted by Gasteiger charge is -2.39. The molecule has 1 aromatic heterocycles. The molecular formula is C32H33N3O3S. The van der Waals surface area contributed by atoms with Crippen LogP contribution in [0.15, 0.2) is 77.7 Å². The highest BCUT2D eigenvalue weighted by molar-refractivity contribution is 7.92. The second kappa shape index (κ2) is 9.79. The lowest BCUT2D eigenvalue weighted by molar-refractivity contribution is 0.154. The fraction of sp³-hybridized carbons (Fsp3) is 0.312. The molecule has 39 heavy (non-hydrogen) atoms. The second-order valence-electron chi connectivity index (χ2n) is 11.2. The molecule has 0 amide bonds. The minimum atomic E-state index is -3.92. The topological polar surface area (TPSA) is 81.2 Å². The van der Waals surface area contributed by atoms with Crippen LogP contribution in [0.4, 0.5) is 5.95 Å². The predicted molar refractivity (Wildman–Crippen MR) is 154 cm³/mol. The van der Waals surface area contributed by atoms with E-state index in [1.165, 1.54) is 11.1 Å². The van der Waals surface area contributed by atoms with Gasteiger partial charge in [-0.25, -0.2) is 18.1 Å². The van der Waals surface area contributed by atoms with Crippen molar-refractivity contribution in [3.63, 3.8) is 0 Å². The van der Waals surface area contributed by atoms with E-state index in [-0.39, 0.29) is 28.8 Å². The molecule has 2 heterocycles. The van der Waals surface area contributed by atoms with Crippen molar-refractivity contribution < 1.29 is 13.2 Å². The summed E-state index contributed by atoms with van der Waals surface area (Å²) in [5, 5.41) is 0. The Hall–Kier alpha value is -3.71. The van der Waals surface area contributed by atoms with Gasteiger partial charge in [0.15, 0.2) is 0 Å². The number of aromatic nitrogens is 2. The largest absolute Gasteiger partial charge is 0.469 e. The molecule has 2 aliphatic rings. The Kier molecular flexibility index (Phi) is 6.42. The van der Waals surface area contributed by atoms with Crippen molar-refractivity contribution in [3.05, 3.63) is 101 Å². The fourth-order valence-electron chi connectivity index (χ4n) is 6.27. The number of nitrogens with one attached hydrogen (secondary N) is 1. The van der Waals surface area contributed by atoms with E-state index < -0.39 is 10.0 Å². The summed E-state index contributed by atoms with van der Waals surface area (Å²) in [6.07, 6.45) is 1.49.